The molecule has 1 amide bonds. The van der Waals surface area contributed by atoms with Gasteiger partial charge in [0, 0.05) is 19.2 Å². The lowest BCUT2D eigenvalue weighted by Crippen LogP contribution is -2.50. The van der Waals surface area contributed by atoms with E-state index in [0.717, 1.165) is 19.1 Å². The van der Waals surface area contributed by atoms with Crippen molar-refractivity contribution in [2.75, 3.05) is 12.8 Å². The number of carbonyl (C=O) groups excluding carboxylic acids is 1. The van der Waals surface area contributed by atoms with Crippen LogP contribution in [0.1, 0.15) is 38.5 Å². The van der Waals surface area contributed by atoms with Crippen LogP contribution in [0.5, 0.6) is 0 Å². The minimum Gasteiger partial charge on any atom is -0.481 e. The van der Waals surface area contributed by atoms with Gasteiger partial charge in [-0.3, -0.25) is 9.59 Å². The molecular formula is C11H19NO5S. The molecular weight excluding hydrogens is 258 g/mol. The van der Waals surface area contributed by atoms with Crippen LogP contribution in [-0.2, 0) is 19.4 Å². The molecule has 0 unspecified atom stereocenters. The zero-order chi connectivity index (χ0) is 13.8. The monoisotopic (exact) mass is 277 g/mol. The fourth-order valence-electron chi connectivity index (χ4n) is 2.31. The van der Waals surface area contributed by atoms with Crippen LogP contribution in [0.3, 0.4) is 0 Å². The van der Waals surface area contributed by atoms with Gasteiger partial charge in [-0.25, -0.2) is 8.42 Å². The molecule has 0 saturated heterocycles. The van der Waals surface area contributed by atoms with E-state index in [1.165, 1.54) is 0 Å². The Morgan fingerprint density at radius 2 is 1.83 bits per heavy atom. The largest absolute Gasteiger partial charge is 0.481 e. The molecule has 0 aromatic carbocycles. The number of carboxylic acid groups (broad SMARTS) is 1. The lowest BCUT2D eigenvalue weighted by Gasteiger charge is -2.25. The van der Waals surface area contributed by atoms with Crippen LogP contribution in [0.25, 0.3) is 0 Å². The molecule has 7 heteroatoms. The number of hydrogen-bond acceptors (Lipinski definition) is 4. The van der Waals surface area contributed by atoms with E-state index < -0.39 is 26.5 Å². The molecule has 0 aliphatic heterocycles. The Kier molecular flexibility index (Phi) is 4.72. The van der Waals surface area contributed by atoms with Crippen molar-refractivity contribution in [1.82, 2.24) is 5.32 Å². The summed E-state index contributed by atoms with van der Waals surface area (Å²) in [6.07, 6.45) is 3.54. The Morgan fingerprint density at radius 1 is 1.28 bits per heavy atom. The summed E-state index contributed by atoms with van der Waals surface area (Å²) >= 11 is 0. The van der Waals surface area contributed by atoms with Gasteiger partial charge in [-0.2, -0.15) is 0 Å². The van der Waals surface area contributed by atoms with Crippen LogP contribution >= 0.6 is 0 Å². The summed E-state index contributed by atoms with van der Waals surface area (Å²) in [4.78, 5) is 22.3. The van der Waals surface area contributed by atoms with Crippen LogP contribution < -0.4 is 5.32 Å². The van der Waals surface area contributed by atoms with Crippen molar-refractivity contribution in [3.8, 4) is 0 Å². The maximum absolute atomic E-state index is 12.0. The van der Waals surface area contributed by atoms with Crippen molar-refractivity contribution in [3.05, 3.63) is 0 Å². The van der Waals surface area contributed by atoms with Crippen molar-refractivity contribution in [1.29, 1.82) is 0 Å². The van der Waals surface area contributed by atoms with Crippen molar-refractivity contribution in [3.63, 3.8) is 0 Å². The molecule has 1 aliphatic carbocycles. The highest BCUT2D eigenvalue weighted by atomic mass is 32.2. The van der Waals surface area contributed by atoms with Gasteiger partial charge in [-0.1, -0.05) is 12.8 Å². The average Bonchev–Trinajstić information content (AvgIpc) is 2.73. The fraction of sp³-hybridized carbons (Fsp3) is 0.818. The molecule has 0 spiro atoms. The predicted molar refractivity (Wildman–Crippen MR) is 65.9 cm³/mol. The number of carboxylic acids is 1. The molecule has 0 aromatic rings. The maximum Gasteiger partial charge on any atom is 0.303 e. The molecule has 0 atom stereocenters. The van der Waals surface area contributed by atoms with E-state index >= 15 is 0 Å². The van der Waals surface area contributed by atoms with Gasteiger partial charge in [0.05, 0.1) is 0 Å². The highest BCUT2D eigenvalue weighted by Gasteiger charge is 2.49. The molecule has 1 rings (SSSR count). The maximum atomic E-state index is 12.0. The van der Waals surface area contributed by atoms with Gasteiger partial charge in [0.1, 0.15) is 4.75 Å². The van der Waals surface area contributed by atoms with Gasteiger partial charge >= 0.3 is 5.97 Å². The quantitative estimate of drug-likeness (QED) is 0.681. The molecule has 104 valence electrons. The minimum atomic E-state index is -3.45. The number of sulfone groups is 1. The Balaban J connectivity index is 2.60. The first kappa shape index (κ1) is 14.9. The van der Waals surface area contributed by atoms with Crippen LogP contribution in [0.15, 0.2) is 0 Å². The van der Waals surface area contributed by atoms with Gasteiger partial charge in [0.2, 0.25) is 5.91 Å². The van der Waals surface area contributed by atoms with Crippen molar-refractivity contribution < 1.29 is 23.1 Å². The summed E-state index contributed by atoms with van der Waals surface area (Å²) in [6.45, 7) is 0.197. The zero-order valence-corrected chi connectivity index (χ0v) is 11.3. The van der Waals surface area contributed by atoms with Gasteiger partial charge in [0.15, 0.2) is 9.84 Å². The molecule has 0 heterocycles. The summed E-state index contributed by atoms with van der Waals surface area (Å²) < 4.78 is 22.3. The summed E-state index contributed by atoms with van der Waals surface area (Å²) in [7, 11) is -3.45. The molecule has 6 nitrogen and oxygen atoms in total. The van der Waals surface area contributed by atoms with Gasteiger partial charge < -0.3 is 10.4 Å². The van der Waals surface area contributed by atoms with E-state index in [0.29, 0.717) is 19.3 Å². The van der Waals surface area contributed by atoms with Crippen LogP contribution in [0, 0.1) is 0 Å². The van der Waals surface area contributed by atoms with E-state index in [1.807, 2.05) is 0 Å². The summed E-state index contributed by atoms with van der Waals surface area (Å²) in [5.41, 5.74) is 0. The topological polar surface area (TPSA) is 101 Å². The number of rotatable bonds is 6. The minimum absolute atomic E-state index is 0.0356. The molecule has 0 aromatic heterocycles. The average molecular weight is 277 g/mol. The molecule has 2 N–H and O–H groups in total. The summed E-state index contributed by atoms with van der Waals surface area (Å²) in [5, 5.41) is 11.0. The molecule has 0 radical (unpaired) electrons. The second-order valence-electron chi connectivity index (χ2n) is 4.73. The van der Waals surface area contributed by atoms with E-state index in [1.54, 1.807) is 0 Å². The first-order valence-corrected chi connectivity index (χ1v) is 7.88. The smallest absolute Gasteiger partial charge is 0.303 e. The number of nitrogens with one attached hydrogen (secondary N) is 1. The number of carbonyl (C=O) groups is 2. The number of aliphatic carboxylic acids is 1. The number of amides is 1. The third-order valence-corrected chi connectivity index (χ3v) is 5.40. The van der Waals surface area contributed by atoms with Crippen molar-refractivity contribution >= 4 is 21.7 Å². The second kappa shape index (κ2) is 5.69. The highest BCUT2D eigenvalue weighted by Crippen LogP contribution is 2.36. The molecule has 1 aliphatic rings. The Labute approximate surface area is 107 Å². The Morgan fingerprint density at radius 3 is 2.28 bits per heavy atom. The molecule has 0 bridgehead atoms. The summed E-state index contributed by atoms with van der Waals surface area (Å²) in [6, 6.07) is 0. The van der Waals surface area contributed by atoms with Crippen molar-refractivity contribution in [2.24, 2.45) is 0 Å². The standard InChI is InChI=1S/C11H19NO5S/c1-18(16,17)11(6-2-3-7-11)10(15)12-8-4-5-9(13)14/h2-8H2,1H3,(H,12,15)(H,13,14). The summed E-state index contributed by atoms with van der Waals surface area (Å²) in [5.74, 6) is -1.41. The van der Waals surface area contributed by atoms with E-state index in [4.69, 9.17) is 5.11 Å². The normalized spacial score (nSPS) is 18.5. The molecule has 1 saturated carbocycles. The van der Waals surface area contributed by atoms with E-state index in [2.05, 4.69) is 5.32 Å². The van der Waals surface area contributed by atoms with Crippen LogP contribution in [0.2, 0.25) is 0 Å². The van der Waals surface area contributed by atoms with Gasteiger partial charge in [0.25, 0.3) is 0 Å². The van der Waals surface area contributed by atoms with Gasteiger partial charge in [-0.15, -0.1) is 0 Å². The van der Waals surface area contributed by atoms with Crippen LogP contribution in [-0.4, -0.2) is 42.9 Å². The first-order chi connectivity index (χ1) is 8.29. The number of hydrogen-bond donors (Lipinski definition) is 2. The van der Waals surface area contributed by atoms with Crippen molar-refractivity contribution in [2.45, 2.75) is 43.3 Å². The third-order valence-electron chi connectivity index (χ3n) is 3.39. The second-order valence-corrected chi connectivity index (χ2v) is 7.05. The third kappa shape index (κ3) is 3.22. The first-order valence-electron chi connectivity index (χ1n) is 5.99. The Hall–Kier alpha value is -1.11. The van der Waals surface area contributed by atoms with Crippen LogP contribution in [0.4, 0.5) is 0 Å². The lowest BCUT2D eigenvalue weighted by atomic mass is 10.1. The SMILES string of the molecule is CS(=O)(=O)C1(C(=O)NCCCC(=O)O)CCCC1. The predicted octanol–water partition coefficient (Wildman–Crippen LogP) is 0.325. The fourth-order valence-corrected chi connectivity index (χ4v) is 3.75. The van der Waals surface area contributed by atoms with Gasteiger partial charge in [-0.05, 0) is 19.3 Å². The zero-order valence-electron chi connectivity index (χ0n) is 10.4. The highest BCUT2D eigenvalue weighted by molar-refractivity contribution is 7.92. The molecule has 1 fully saturated rings. The Bertz CT molecular complexity index is 423. The lowest BCUT2D eigenvalue weighted by molar-refractivity contribution is -0.137. The van der Waals surface area contributed by atoms with E-state index in [9.17, 15) is 18.0 Å². The van der Waals surface area contributed by atoms with E-state index in [-0.39, 0.29) is 13.0 Å². The molecule has 18 heavy (non-hydrogen) atoms.